The van der Waals surface area contributed by atoms with Crippen molar-refractivity contribution >= 4 is 17.4 Å². The lowest BCUT2D eigenvalue weighted by atomic mass is 10.0. The molecule has 1 aromatic heterocycles. The molecule has 0 aliphatic carbocycles. The van der Waals surface area contributed by atoms with Crippen LogP contribution in [0, 0.1) is 5.41 Å². The number of pyridine rings is 1. The van der Waals surface area contributed by atoms with Gasteiger partial charge in [-0.1, -0.05) is 36.4 Å². The molecular formula is C24H28N6O2. The largest absolute Gasteiger partial charge is 0.427 e. The summed E-state index contributed by atoms with van der Waals surface area (Å²) in [5.74, 6) is -0.260. The predicted molar refractivity (Wildman–Crippen MR) is 125 cm³/mol. The number of nitrogens with two attached hydrogens (primary N) is 2. The molecule has 0 atom stereocenters. The van der Waals surface area contributed by atoms with Crippen LogP contribution in [-0.2, 0) is 17.8 Å². The summed E-state index contributed by atoms with van der Waals surface area (Å²) in [5.41, 5.74) is 15.8. The van der Waals surface area contributed by atoms with Gasteiger partial charge in [-0.3, -0.25) is 15.2 Å². The molecule has 0 aliphatic heterocycles. The molecule has 2 aromatic carbocycles. The van der Waals surface area contributed by atoms with E-state index in [1.807, 2.05) is 44.2 Å². The van der Waals surface area contributed by atoms with Crippen LogP contribution >= 0.6 is 0 Å². The molecule has 7 N–H and O–H groups in total. The van der Waals surface area contributed by atoms with Crippen LogP contribution in [-0.4, -0.2) is 27.7 Å². The summed E-state index contributed by atoms with van der Waals surface area (Å²) in [5, 5.41) is 21.2. The first-order valence-electron chi connectivity index (χ1n) is 10.3. The van der Waals surface area contributed by atoms with Crippen LogP contribution in [0.5, 0.6) is 0 Å². The van der Waals surface area contributed by atoms with Gasteiger partial charge in [-0.25, -0.2) is 0 Å². The Kier molecular flexibility index (Phi) is 6.94. The van der Waals surface area contributed by atoms with Gasteiger partial charge in [0.15, 0.2) is 5.49 Å². The molecule has 0 unspecified atom stereocenters. The number of nitrogens with one attached hydrogen (secondary N) is 2. The summed E-state index contributed by atoms with van der Waals surface area (Å²) in [6.07, 6.45) is -0.0480. The van der Waals surface area contributed by atoms with E-state index in [4.69, 9.17) is 16.9 Å². The minimum Gasteiger partial charge on any atom is -0.427 e. The van der Waals surface area contributed by atoms with Crippen LogP contribution in [0.1, 0.15) is 30.7 Å². The monoisotopic (exact) mass is 432 g/mol. The Balaban J connectivity index is 1.87. The quantitative estimate of drug-likeness (QED) is 0.169. The van der Waals surface area contributed by atoms with Gasteiger partial charge in [0.2, 0.25) is 5.91 Å². The summed E-state index contributed by atoms with van der Waals surface area (Å²) < 4.78 is 0.972. The van der Waals surface area contributed by atoms with Crippen LogP contribution in [0.25, 0.3) is 11.1 Å². The van der Waals surface area contributed by atoms with Crippen LogP contribution < -0.4 is 22.3 Å². The second-order valence-electron chi connectivity index (χ2n) is 7.78. The van der Waals surface area contributed by atoms with E-state index >= 15 is 0 Å². The highest BCUT2D eigenvalue weighted by molar-refractivity contribution is 5.94. The molecule has 1 heterocycles. The lowest BCUT2D eigenvalue weighted by molar-refractivity contribution is -0.120. The molecule has 0 aliphatic rings. The Morgan fingerprint density at radius 2 is 1.88 bits per heavy atom. The van der Waals surface area contributed by atoms with Crippen molar-refractivity contribution in [2.75, 3.05) is 5.73 Å². The van der Waals surface area contributed by atoms with Gasteiger partial charge >= 0.3 is 0 Å². The molecule has 8 nitrogen and oxygen atoms in total. The Bertz CT molecular complexity index is 1200. The van der Waals surface area contributed by atoms with Gasteiger partial charge in [0.25, 0.3) is 0 Å². The molecule has 8 heteroatoms. The van der Waals surface area contributed by atoms with E-state index in [1.54, 1.807) is 30.3 Å². The number of amides is 1. The molecule has 3 aromatic rings. The number of rotatable bonds is 7. The first-order valence-corrected chi connectivity index (χ1v) is 10.3. The molecule has 1 amide bonds. The second kappa shape index (κ2) is 9.82. The second-order valence-corrected chi connectivity index (χ2v) is 7.78. The zero-order valence-electron chi connectivity index (χ0n) is 18.2. The SMILES string of the molecule is CC(C)N=c1ccc(-c2cccc(N)c2)c(CC(=O)NCc2ccc(C(=N)N)cc2)n1O. The molecule has 32 heavy (non-hydrogen) atoms. The van der Waals surface area contributed by atoms with Crippen molar-refractivity contribution in [2.45, 2.75) is 32.9 Å². The molecule has 166 valence electrons. The highest BCUT2D eigenvalue weighted by atomic mass is 16.5. The van der Waals surface area contributed by atoms with E-state index in [0.29, 0.717) is 34.5 Å². The number of hydrogen-bond donors (Lipinski definition) is 5. The topological polar surface area (TPSA) is 143 Å². The zero-order chi connectivity index (χ0) is 23.3. The van der Waals surface area contributed by atoms with Crippen molar-refractivity contribution in [3.63, 3.8) is 0 Å². The molecule has 0 bridgehead atoms. The third kappa shape index (κ3) is 5.54. The standard InChI is InChI=1S/C24H28N6O2/c1-15(2)29-22-11-10-20(18-4-3-5-19(25)12-18)21(30(22)32)13-23(31)28-14-16-6-8-17(9-7-16)24(26)27/h3-12,15,32H,13-14,25H2,1-2H3,(H3,26,27)(H,28,31). The molecule has 0 saturated carbocycles. The van der Waals surface area contributed by atoms with Crippen LogP contribution in [0.3, 0.4) is 0 Å². The molecule has 0 saturated heterocycles. The summed E-state index contributed by atoms with van der Waals surface area (Å²) in [4.78, 5) is 17.2. The van der Waals surface area contributed by atoms with Crippen LogP contribution in [0.15, 0.2) is 65.7 Å². The normalized spacial score (nSPS) is 11.5. The maximum absolute atomic E-state index is 12.8. The lowest BCUT2D eigenvalue weighted by Gasteiger charge is -2.15. The van der Waals surface area contributed by atoms with Crippen molar-refractivity contribution < 1.29 is 10.0 Å². The van der Waals surface area contributed by atoms with Gasteiger partial charge in [-0.15, -0.1) is 0 Å². The van der Waals surface area contributed by atoms with Crippen LogP contribution in [0.2, 0.25) is 0 Å². The molecule has 0 spiro atoms. The average Bonchev–Trinajstić information content (AvgIpc) is 2.75. The van der Waals surface area contributed by atoms with E-state index in [-0.39, 0.29) is 24.2 Å². The first kappa shape index (κ1) is 22.6. The van der Waals surface area contributed by atoms with Crippen LogP contribution in [0.4, 0.5) is 5.69 Å². The first-order chi connectivity index (χ1) is 15.2. The fraction of sp³-hybridized carbons (Fsp3) is 0.208. The number of carbonyl (C=O) groups excluding carboxylic acids is 1. The maximum atomic E-state index is 12.8. The van der Waals surface area contributed by atoms with Gasteiger partial charge in [0.05, 0.1) is 12.1 Å². The number of amidine groups is 1. The van der Waals surface area contributed by atoms with Crippen molar-refractivity contribution in [3.8, 4) is 11.1 Å². The van der Waals surface area contributed by atoms with E-state index in [1.165, 1.54) is 0 Å². The Labute approximate surface area is 186 Å². The Morgan fingerprint density at radius 3 is 2.50 bits per heavy atom. The minimum atomic E-state index is -0.254. The Morgan fingerprint density at radius 1 is 1.16 bits per heavy atom. The van der Waals surface area contributed by atoms with Gasteiger partial charge in [0, 0.05) is 29.4 Å². The van der Waals surface area contributed by atoms with Gasteiger partial charge in [-0.2, -0.15) is 4.73 Å². The summed E-state index contributed by atoms with van der Waals surface area (Å²) >= 11 is 0. The van der Waals surface area contributed by atoms with Gasteiger partial charge in [-0.05, 0) is 49.2 Å². The van der Waals surface area contributed by atoms with E-state index in [9.17, 15) is 10.0 Å². The van der Waals surface area contributed by atoms with E-state index in [0.717, 1.165) is 15.9 Å². The van der Waals surface area contributed by atoms with Crippen molar-refractivity contribution in [1.82, 2.24) is 10.0 Å². The third-order valence-electron chi connectivity index (χ3n) is 4.85. The highest BCUT2D eigenvalue weighted by Gasteiger charge is 2.15. The lowest BCUT2D eigenvalue weighted by Crippen LogP contribution is -2.30. The van der Waals surface area contributed by atoms with Gasteiger partial charge in [0.1, 0.15) is 5.84 Å². The minimum absolute atomic E-state index is 0.00569. The van der Waals surface area contributed by atoms with E-state index < -0.39 is 0 Å². The van der Waals surface area contributed by atoms with Gasteiger partial charge < -0.3 is 22.0 Å². The highest BCUT2D eigenvalue weighted by Crippen LogP contribution is 2.24. The molecule has 0 radical (unpaired) electrons. The number of nitrogen functional groups attached to an aromatic ring is 2. The Hall–Kier alpha value is -4.07. The zero-order valence-corrected chi connectivity index (χ0v) is 18.2. The summed E-state index contributed by atoms with van der Waals surface area (Å²) in [6.45, 7) is 4.14. The summed E-state index contributed by atoms with van der Waals surface area (Å²) in [6, 6.07) is 17.9. The molecule has 3 rings (SSSR count). The number of hydrogen-bond acceptors (Lipinski definition) is 5. The molecule has 0 fully saturated rings. The fourth-order valence-corrected chi connectivity index (χ4v) is 3.30. The third-order valence-corrected chi connectivity index (χ3v) is 4.85. The number of nitrogens with zero attached hydrogens (tertiary/aromatic N) is 2. The smallest absolute Gasteiger partial charge is 0.226 e. The summed E-state index contributed by atoms with van der Waals surface area (Å²) in [7, 11) is 0. The van der Waals surface area contributed by atoms with Crippen molar-refractivity contribution in [1.29, 1.82) is 5.41 Å². The van der Waals surface area contributed by atoms with Crippen molar-refractivity contribution in [2.24, 2.45) is 10.7 Å². The average molecular weight is 433 g/mol. The van der Waals surface area contributed by atoms with E-state index in [2.05, 4.69) is 10.3 Å². The van der Waals surface area contributed by atoms with Crippen molar-refractivity contribution in [3.05, 3.63) is 83.0 Å². The maximum Gasteiger partial charge on any atom is 0.226 e. The number of anilines is 1. The number of carbonyl (C=O) groups is 1. The fourth-order valence-electron chi connectivity index (χ4n) is 3.30. The molecular weight excluding hydrogens is 404 g/mol. The predicted octanol–water partition coefficient (Wildman–Crippen LogP) is 2.43. The number of benzene rings is 2. The number of aromatic nitrogens is 1.